The van der Waals surface area contributed by atoms with Gasteiger partial charge in [-0.1, -0.05) is 19.9 Å². The third-order valence-corrected chi connectivity index (χ3v) is 3.50. The largest absolute Gasteiger partial charge is 0.482 e. The summed E-state index contributed by atoms with van der Waals surface area (Å²) in [4.78, 5) is 22.5. The Labute approximate surface area is 129 Å². The monoisotopic (exact) mass is 306 g/mol. The van der Waals surface area contributed by atoms with Crippen molar-refractivity contribution in [1.29, 1.82) is 0 Å². The highest BCUT2D eigenvalue weighted by Crippen LogP contribution is 2.28. The third-order valence-electron chi connectivity index (χ3n) is 3.50. The highest BCUT2D eigenvalue weighted by molar-refractivity contribution is 5.95. The van der Waals surface area contributed by atoms with Gasteiger partial charge in [0.1, 0.15) is 5.75 Å². The number of carbonyl (C=O) groups excluding carboxylic acids is 1. The van der Waals surface area contributed by atoms with Crippen molar-refractivity contribution in [3.8, 4) is 5.75 Å². The van der Waals surface area contributed by atoms with E-state index in [0.717, 1.165) is 5.56 Å². The van der Waals surface area contributed by atoms with E-state index in [1.54, 1.807) is 0 Å². The molecule has 1 heterocycles. The number of aliphatic carboxylic acids is 1. The zero-order valence-electron chi connectivity index (χ0n) is 12.9. The predicted octanol–water partition coefficient (Wildman–Crippen LogP) is 1.85. The number of anilines is 1. The minimum absolute atomic E-state index is 0.0418. The van der Waals surface area contributed by atoms with Crippen molar-refractivity contribution >= 4 is 17.6 Å². The first-order valence-electron chi connectivity index (χ1n) is 7.45. The van der Waals surface area contributed by atoms with Crippen LogP contribution in [0, 0.1) is 11.8 Å². The van der Waals surface area contributed by atoms with Crippen LogP contribution in [0.4, 0.5) is 5.69 Å². The molecule has 1 unspecified atom stereocenters. The van der Waals surface area contributed by atoms with Gasteiger partial charge < -0.3 is 20.5 Å². The highest BCUT2D eigenvalue weighted by atomic mass is 16.5. The van der Waals surface area contributed by atoms with Crippen LogP contribution in [0.15, 0.2) is 18.2 Å². The molecule has 0 aliphatic carbocycles. The first kappa shape index (κ1) is 16.3. The van der Waals surface area contributed by atoms with Gasteiger partial charge in [-0.25, -0.2) is 0 Å². The van der Waals surface area contributed by atoms with E-state index in [0.29, 0.717) is 36.9 Å². The van der Waals surface area contributed by atoms with E-state index in [-0.39, 0.29) is 18.4 Å². The van der Waals surface area contributed by atoms with Gasteiger partial charge in [-0.2, -0.15) is 0 Å². The molecule has 0 aromatic heterocycles. The Kier molecular flexibility index (Phi) is 5.38. The minimum atomic E-state index is -0.771. The Morgan fingerprint density at radius 2 is 2.23 bits per heavy atom. The van der Waals surface area contributed by atoms with Gasteiger partial charge in [0.15, 0.2) is 6.61 Å². The van der Waals surface area contributed by atoms with Gasteiger partial charge in [0, 0.05) is 13.1 Å². The highest BCUT2D eigenvalue weighted by Gasteiger charge is 2.19. The van der Waals surface area contributed by atoms with Gasteiger partial charge >= 0.3 is 5.97 Å². The van der Waals surface area contributed by atoms with Crippen LogP contribution in [0.1, 0.15) is 25.8 Å². The summed E-state index contributed by atoms with van der Waals surface area (Å²) < 4.78 is 5.30. The molecule has 0 spiro atoms. The maximum Gasteiger partial charge on any atom is 0.307 e. The van der Waals surface area contributed by atoms with E-state index < -0.39 is 5.97 Å². The molecule has 6 nitrogen and oxygen atoms in total. The number of amides is 1. The van der Waals surface area contributed by atoms with Crippen LogP contribution < -0.4 is 15.4 Å². The van der Waals surface area contributed by atoms with Crippen molar-refractivity contribution in [2.45, 2.75) is 26.8 Å². The molecule has 1 amide bonds. The summed E-state index contributed by atoms with van der Waals surface area (Å²) in [6.07, 6.45) is 0.649. The van der Waals surface area contributed by atoms with Crippen LogP contribution in [0.2, 0.25) is 0 Å². The number of rotatable bonds is 7. The lowest BCUT2D eigenvalue weighted by Gasteiger charge is -2.19. The van der Waals surface area contributed by atoms with E-state index in [1.165, 1.54) is 0 Å². The molecule has 0 fully saturated rings. The average Bonchev–Trinajstić information content (AvgIpc) is 2.45. The van der Waals surface area contributed by atoms with Crippen molar-refractivity contribution in [3.05, 3.63) is 23.8 Å². The van der Waals surface area contributed by atoms with Crippen molar-refractivity contribution in [3.63, 3.8) is 0 Å². The predicted molar refractivity (Wildman–Crippen MR) is 82.9 cm³/mol. The summed E-state index contributed by atoms with van der Waals surface area (Å²) in [6.45, 7) is 5.04. The molecule has 2 rings (SSSR count). The fourth-order valence-corrected chi connectivity index (χ4v) is 2.47. The summed E-state index contributed by atoms with van der Waals surface area (Å²) in [7, 11) is 0. The molecule has 120 valence electrons. The molecular weight excluding hydrogens is 284 g/mol. The Balaban J connectivity index is 1.90. The molecule has 1 aliphatic heterocycles. The third kappa shape index (κ3) is 4.46. The lowest BCUT2D eigenvalue weighted by atomic mass is 9.97. The Bertz CT molecular complexity index is 557. The van der Waals surface area contributed by atoms with Crippen LogP contribution in [0.5, 0.6) is 5.75 Å². The standard InChI is InChI=1S/C16H22N2O4/c1-10(2)5-12(16(20)21)8-17-7-11-3-4-14-13(6-11)18-15(19)9-22-14/h3-4,6,10,12,17H,5,7-9H2,1-2H3,(H,18,19)(H,20,21). The minimum Gasteiger partial charge on any atom is -0.482 e. The van der Waals surface area contributed by atoms with Crippen molar-refractivity contribution in [2.75, 3.05) is 18.5 Å². The zero-order chi connectivity index (χ0) is 16.1. The molecule has 0 bridgehead atoms. The average molecular weight is 306 g/mol. The fraction of sp³-hybridized carbons (Fsp3) is 0.500. The van der Waals surface area contributed by atoms with Crippen LogP contribution in [0.3, 0.4) is 0 Å². The van der Waals surface area contributed by atoms with Gasteiger partial charge in [0.2, 0.25) is 0 Å². The number of hydrogen-bond acceptors (Lipinski definition) is 4. The van der Waals surface area contributed by atoms with Crippen molar-refractivity contribution in [1.82, 2.24) is 5.32 Å². The molecule has 1 aliphatic rings. The number of fused-ring (bicyclic) bond motifs is 1. The molecule has 1 aromatic rings. The maximum atomic E-state index is 11.3. The van der Waals surface area contributed by atoms with Crippen LogP contribution in [-0.4, -0.2) is 30.1 Å². The summed E-state index contributed by atoms with van der Waals surface area (Å²) in [6, 6.07) is 5.56. The van der Waals surface area contributed by atoms with Crippen molar-refractivity contribution < 1.29 is 19.4 Å². The summed E-state index contributed by atoms with van der Waals surface area (Å²) in [5.41, 5.74) is 1.63. The number of ether oxygens (including phenoxy) is 1. The SMILES string of the molecule is CC(C)CC(CNCc1ccc2c(c1)NC(=O)CO2)C(=O)O. The Hall–Kier alpha value is -2.08. The maximum absolute atomic E-state index is 11.3. The second-order valence-electron chi connectivity index (χ2n) is 5.96. The van der Waals surface area contributed by atoms with Gasteiger partial charge in [0.05, 0.1) is 11.6 Å². The summed E-state index contributed by atoms with van der Waals surface area (Å²) in [5.74, 6) is -0.320. The molecule has 22 heavy (non-hydrogen) atoms. The molecular formula is C16H22N2O4. The van der Waals surface area contributed by atoms with Crippen LogP contribution in [0.25, 0.3) is 0 Å². The molecule has 0 radical (unpaired) electrons. The number of benzene rings is 1. The summed E-state index contributed by atoms with van der Waals surface area (Å²) in [5, 5.41) is 15.1. The van der Waals surface area contributed by atoms with E-state index in [4.69, 9.17) is 4.74 Å². The van der Waals surface area contributed by atoms with Gasteiger partial charge in [-0.3, -0.25) is 9.59 Å². The van der Waals surface area contributed by atoms with E-state index in [2.05, 4.69) is 10.6 Å². The van der Waals surface area contributed by atoms with E-state index in [9.17, 15) is 14.7 Å². The Morgan fingerprint density at radius 3 is 2.91 bits per heavy atom. The van der Waals surface area contributed by atoms with Crippen LogP contribution in [-0.2, 0) is 16.1 Å². The number of nitrogens with one attached hydrogen (secondary N) is 2. The number of carbonyl (C=O) groups is 2. The second-order valence-corrected chi connectivity index (χ2v) is 5.96. The lowest BCUT2D eigenvalue weighted by Crippen LogP contribution is -2.29. The van der Waals surface area contributed by atoms with Gasteiger partial charge in [-0.15, -0.1) is 0 Å². The van der Waals surface area contributed by atoms with Crippen molar-refractivity contribution in [2.24, 2.45) is 11.8 Å². The molecule has 6 heteroatoms. The quantitative estimate of drug-likeness (QED) is 0.715. The molecule has 0 saturated carbocycles. The lowest BCUT2D eigenvalue weighted by molar-refractivity contribution is -0.142. The van der Waals surface area contributed by atoms with E-state index >= 15 is 0 Å². The normalized spacial score (nSPS) is 15.0. The topological polar surface area (TPSA) is 87.7 Å². The smallest absolute Gasteiger partial charge is 0.307 e. The number of carboxylic acid groups (broad SMARTS) is 1. The van der Waals surface area contributed by atoms with E-state index in [1.807, 2.05) is 32.0 Å². The number of hydrogen-bond donors (Lipinski definition) is 3. The summed E-state index contributed by atoms with van der Waals surface area (Å²) >= 11 is 0. The first-order valence-corrected chi connectivity index (χ1v) is 7.45. The molecule has 1 atom stereocenters. The first-order chi connectivity index (χ1) is 10.5. The fourth-order valence-electron chi connectivity index (χ4n) is 2.47. The number of carboxylic acids is 1. The Morgan fingerprint density at radius 1 is 1.45 bits per heavy atom. The molecule has 3 N–H and O–H groups in total. The molecule has 1 aromatic carbocycles. The zero-order valence-corrected chi connectivity index (χ0v) is 12.9. The second kappa shape index (κ2) is 7.26. The molecule has 0 saturated heterocycles. The van der Waals surface area contributed by atoms with Gasteiger partial charge in [0.25, 0.3) is 5.91 Å². The van der Waals surface area contributed by atoms with Crippen LogP contribution >= 0.6 is 0 Å². The van der Waals surface area contributed by atoms with Gasteiger partial charge in [-0.05, 0) is 30.0 Å².